The van der Waals surface area contributed by atoms with Gasteiger partial charge in [-0.05, 0) is 10.4 Å². The van der Waals surface area contributed by atoms with Gasteiger partial charge in [-0.25, -0.2) is 4.68 Å². The summed E-state index contributed by atoms with van der Waals surface area (Å²) in [5.74, 6) is 0.716. The zero-order chi connectivity index (χ0) is 10.2. The zero-order valence-corrected chi connectivity index (χ0v) is 8.47. The Morgan fingerprint density at radius 3 is 3.00 bits per heavy atom. The van der Waals surface area contributed by atoms with Crippen LogP contribution in [0.5, 0.6) is 0 Å². The van der Waals surface area contributed by atoms with Crippen LogP contribution in [0.2, 0.25) is 0 Å². The minimum Gasteiger partial charge on any atom is -0.379 e. The number of ether oxygens (including phenoxy) is 1. The number of aromatic nitrogens is 4. The highest BCUT2D eigenvalue weighted by molar-refractivity contribution is 4.92. The molecule has 0 saturated carbocycles. The highest BCUT2D eigenvalue weighted by atomic mass is 16.5. The Kier molecular flexibility index (Phi) is 2.24. The van der Waals surface area contributed by atoms with Crippen molar-refractivity contribution in [2.75, 3.05) is 13.2 Å². The lowest BCUT2D eigenvalue weighted by molar-refractivity contribution is 0.166. The summed E-state index contributed by atoms with van der Waals surface area (Å²) in [6.07, 6.45) is 0. The van der Waals surface area contributed by atoms with Gasteiger partial charge < -0.3 is 10.5 Å². The number of rotatable bonds is 2. The molecular weight excluding hydrogens is 182 g/mol. The SMILES string of the molecule is CC1(C)COCC1n1nnnc1CN. The fourth-order valence-corrected chi connectivity index (χ4v) is 1.75. The quantitative estimate of drug-likeness (QED) is 0.706. The second kappa shape index (κ2) is 3.29. The highest BCUT2D eigenvalue weighted by Crippen LogP contribution is 2.36. The summed E-state index contributed by atoms with van der Waals surface area (Å²) in [4.78, 5) is 0. The van der Waals surface area contributed by atoms with Crippen LogP contribution < -0.4 is 5.73 Å². The first-order valence-electron chi connectivity index (χ1n) is 4.70. The minimum absolute atomic E-state index is 0.0687. The summed E-state index contributed by atoms with van der Waals surface area (Å²) < 4.78 is 7.22. The van der Waals surface area contributed by atoms with Crippen molar-refractivity contribution in [2.24, 2.45) is 11.1 Å². The van der Waals surface area contributed by atoms with Gasteiger partial charge in [0.1, 0.15) is 0 Å². The van der Waals surface area contributed by atoms with Gasteiger partial charge in [0, 0.05) is 5.41 Å². The molecule has 78 valence electrons. The Balaban J connectivity index is 2.30. The Hall–Kier alpha value is -1.01. The third kappa shape index (κ3) is 1.40. The molecule has 1 aromatic rings. The fraction of sp³-hybridized carbons (Fsp3) is 0.875. The smallest absolute Gasteiger partial charge is 0.165 e. The molecule has 0 aromatic carbocycles. The van der Waals surface area contributed by atoms with Crippen LogP contribution in [0.1, 0.15) is 25.7 Å². The van der Waals surface area contributed by atoms with Crippen molar-refractivity contribution < 1.29 is 4.74 Å². The number of tetrazole rings is 1. The van der Waals surface area contributed by atoms with Crippen LogP contribution in [0, 0.1) is 5.41 Å². The van der Waals surface area contributed by atoms with Crippen molar-refractivity contribution in [3.8, 4) is 0 Å². The number of nitrogens with zero attached hydrogens (tertiary/aromatic N) is 4. The molecule has 0 radical (unpaired) electrons. The first-order valence-corrected chi connectivity index (χ1v) is 4.70. The van der Waals surface area contributed by atoms with Crippen LogP contribution in [0.15, 0.2) is 0 Å². The van der Waals surface area contributed by atoms with Crippen LogP contribution in [-0.2, 0) is 11.3 Å². The maximum absolute atomic E-state index is 5.55. The van der Waals surface area contributed by atoms with Gasteiger partial charge in [0.15, 0.2) is 5.82 Å². The van der Waals surface area contributed by atoms with Gasteiger partial charge in [0.2, 0.25) is 0 Å². The van der Waals surface area contributed by atoms with E-state index in [1.54, 1.807) is 4.68 Å². The number of hydrogen-bond donors (Lipinski definition) is 1. The van der Waals surface area contributed by atoms with Gasteiger partial charge >= 0.3 is 0 Å². The first-order chi connectivity index (χ1) is 6.65. The number of hydrogen-bond acceptors (Lipinski definition) is 5. The molecule has 1 unspecified atom stereocenters. The van der Waals surface area contributed by atoms with E-state index in [4.69, 9.17) is 10.5 Å². The van der Waals surface area contributed by atoms with Crippen molar-refractivity contribution in [3.63, 3.8) is 0 Å². The lowest BCUT2D eigenvalue weighted by Crippen LogP contribution is -2.28. The summed E-state index contributed by atoms with van der Waals surface area (Å²) in [5, 5.41) is 11.5. The molecule has 2 rings (SSSR count). The summed E-state index contributed by atoms with van der Waals surface area (Å²) in [6.45, 7) is 6.05. The third-order valence-electron chi connectivity index (χ3n) is 2.69. The summed E-state index contributed by atoms with van der Waals surface area (Å²) >= 11 is 0. The average molecular weight is 197 g/mol. The molecule has 1 aromatic heterocycles. The van der Waals surface area contributed by atoms with E-state index in [1.807, 2.05) is 0 Å². The molecule has 2 N–H and O–H groups in total. The van der Waals surface area contributed by atoms with E-state index in [0.717, 1.165) is 6.61 Å². The van der Waals surface area contributed by atoms with Crippen molar-refractivity contribution in [1.82, 2.24) is 20.2 Å². The Morgan fingerprint density at radius 2 is 2.43 bits per heavy atom. The molecule has 1 atom stereocenters. The summed E-state index contributed by atoms with van der Waals surface area (Å²) in [7, 11) is 0. The second-order valence-electron chi connectivity index (χ2n) is 4.26. The monoisotopic (exact) mass is 197 g/mol. The molecule has 1 aliphatic rings. The van der Waals surface area contributed by atoms with E-state index in [2.05, 4.69) is 29.4 Å². The average Bonchev–Trinajstić information content (AvgIpc) is 2.69. The molecule has 6 heteroatoms. The van der Waals surface area contributed by atoms with E-state index >= 15 is 0 Å². The molecule has 1 saturated heterocycles. The third-order valence-corrected chi connectivity index (χ3v) is 2.69. The highest BCUT2D eigenvalue weighted by Gasteiger charge is 2.38. The van der Waals surface area contributed by atoms with E-state index in [-0.39, 0.29) is 11.5 Å². The van der Waals surface area contributed by atoms with Gasteiger partial charge in [-0.15, -0.1) is 5.10 Å². The molecule has 0 bridgehead atoms. The normalized spacial score (nSPS) is 25.5. The zero-order valence-electron chi connectivity index (χ0n) is 8.47. The summed E-state index contributed by atoms with van der Waals surface area (Å²) in [6, 6.07) is 0.191. The van der Waals surface area contributed by atoms with E-state index < -0.39 is 0 Å². The lowest BCUT2D eigenvalue weighted by atomic mass is 9.88. The standard InChI is InChI=1S/C8H15N5O/c1-8(2)5-14-4-6(8)13-7(3-9)10-11-12-13/h6H,3-5,9H2,1-2H3. The molecule has 0 amide bonds. The maximum Gasteiger partial charge on any atom is 0.165 e. The van der Waals surface area contributed by atoms with Gasteiger partial charge in [-0.1, -0.05) is 13.8 Å². The van der Waals surface area contributed by atoms with Gasteiger partial charge in [-0.2, -0.15) is 0 Å². The topological polar surface area (TPSA) is 78.8 Å². The van der Waals surface area contributed by atoms with E-state index in [1.165, 1.54) is 0 Å². The molecule has 6 nitrogen and oxygen atoms in total. The Labute approximate surface area is 82.4 Å². The molecule has 1 fully saturated rings. The van der Waals surface area contributed by atoms with Crippen LogP contribution in [0.25, 0.3) is 0 Å². The van der Waals surface area contributed by atoms with Crippen LogP contribution in [0.4, 0.5) is 0 Å². The number of nitrogens with two attached hydrogens (primary N) is 1. The molecule has 2 heterocycles. The van der Waals surface area contributed by atoms with Crippen molar-refractivity contribution >= 4 is 0 Å². The Bertz CT molecular complexity index is 321. The van der Waals surface area contributed by atoms with Crippen LogP contribution >= 0.6 is 0 Å². The maximum atomic E-state index is 5.55. The summed E-state index contributed by atoms with van der Waals surface area (Å²) in [5.41, 5.74) is 5.62. The van der Waals surface area contributed by atoms with E-state index in [0.29, 0.717) is 19.0 Å². The van der Waals surface area contributed by atoms with Crippen LogP contribution in [0.3, 0.4) is 0 Å². The fourth-order valence-electron chi connectivity index (χ4n) is 1.75. The predicted octanol–water partition coefficient (Wildman–Crippen LogP) is -0.271. The predicted molar refractivity (Wildman–Crippen MR) is 49.3 cm³/mol. The van der Waals surface area contributed by atoms with Crippen molar-refractivity contribution in [1.29, 1.82) is 0 Å². The minimum atomic E-state index is 0.0687. The van der Waals surface area contributed by atoms with Crippen LogP contribution in [-0.4, -0.2) is 33.4 Å². The van der Waals surface area contributed by atoms with Crippen molar-refractivity contribution in [3.05, 3.63) is 5.82 Å². The van der Waals surface area contributed by atoms with Gasteiger partial charge in [0.05, 0.1) is 25.8 Å². The Morgan fingerprint density at radius 1 is 1.64 bits per heavy atom. The molecule has 0 aliphatic carbocycles. The van der Waals surface area contributed by atoms with E-state index in [9.17, 15) is 0 Å². The van der Waals surface area contributed by atoms with Gasteiger partial charge in [0.25, 0.3) is 0 Å². The molecule has 14 heavy (non-hydrogen) atoms. The first kappa shape index (κ1) is 9.54. The lowest BCUT2D eigenvalue weighted by Gasteiger charge is -2.24. The second-order valence-corrected chi connectivity index (χ2v) is 4.26. The van der Waals surface area contributed by atoms with Gasteiger partial charge in [-0.3, -0.25) is 0 Å². The van der Waals surface area contributed by atoms with Crippen molar-refractivity contribution in [2.45, 2.75) is 26.4 Å². The molecular formula is C8H15N5O. The molecule has 1 aliphatic heterocycles. The largest absolute Gasteiger partial charge is 0.379 e. The molecule has 0 spiro atoms.